The van der Waals surface area contributed by atoms with Crippen LogP contribution in [-0.4, -0.2) is 25.6 Å². The standard InChI is InChI=1S/C9H15N3/c1-2-3-4-5-6-10-9-11-7-8-12-9/h1H,3-8H2,(H2,10,11,12). The number of hydrogen-bond acceptors (Lipinski definition) is 3. The average molecular weight is 165 g/mol. The summed E-state index contributed by atoms with van der Waals surface area (Å²) in [7, 11) is 0. The van der Waals surface area contributed by atoms with Crippen LogP contribution in [0.5, 0.6) is 0 Å². The van der Waals surface area contributed by atoms with Gasteiger partial charge in [0.2, 0.25) is 0 Å². The molecule has 1 aliphatic rings. The Labute approximate surface area is 73.6 Å². The number of aliphatic imine (C=N–C) groups is 1. The molecule has 0 unspecified atom stereocenters. The predicted molar refractivity (Wildman–Crippen MR) is 51.0 cm³/mol. The third kappa shape index (κ3) is 3.29. The summed E-state index contributed by atoms with van der Waals surface area (Å²) in [6, 6.07) is 0. The lowest BCUT2D eigenvalue weighted by Crippen LogP contribution is -2.34. The Kier molecular flexibility index (Phi) is 4.07. The van der Waals surface area contributed by atoms with Crippen molar-refractivity contribution in [1.82, 2.24) is 10.6 Å². The molecule has 0 saturated carbocycles. The molecule has 0 aliphatic carbocycles. The first kappa shape index (κ1) is 8.92. The van der Waals surface area contributed by atoms with Crippen molar-refractivity contribution in [3.8, 4) is 12.3 Å². The van der Waals surface area contributed by atoms with Crippen molar-refractivity contribution in [2.75, 3.05) is 19.6 Å². The van der Waals surface area contributed by atoms with Gasteiger partial charge in [-0.15, -0.1) is 12.3 Å². The minimum absolute atomic E-state index is 0.877. The fraction of sp³-hybridized carbons (Fsp3) is 0.667. The van der Waals surface area contributed by atoms with E-state index in [2.05, 4.69) is 21.5 Å². The fourth-order valence-corrected chi connectivity index (χ4v) is 1.08. The van der Waals surface area contributed by atoms with Crippen LogP contribution in [0.4, 0.5) is 0 Å². The smallest absolute Gasteiger partial charge is 0.191 e. The van der Waals surface area contributed by atoms with Gasteiger partial charge in [0.15, 0.2) is 5.96 Å². The van der Waals surface area contributed by atoms with Crippen LogP contribution in [0.2, 0.25) is 0 Å². The molecule has 0 atom stereocenters. The van der Waals surface area contributed by atoms with E-state index in [9.17, 15) is 0 Å². The summed E-state index contributed by atoms with van der Waals surface area (Å²) in [5.74, 6) is 3.56. The van der Waals surface area contributed by atoms with E-state index in [1.54, 1.807) is 0 Å². The molecule has 1 aliphatic heterocycles. The first-order valence-corrected chi connectivity index (χ1v) is 4.39. The van der Waals surface area contributed by atoms with E-state index in [4.69, 9.17) is 6.42 Å². The van der Waals surface area contributed by atoms with Gasteiger partial charge in [0.25, 0.3) is 0 Å². The molecule has 3 heteroatoms. The molecule has 0 saturated heterocycles. The first-order chi connectivity index (χ1) is 5.93. The maximum absolute atomic E-state index is 5.13. The molecular formula is C9H15N3. The molecule has 0 spiro atoms. The van der Waals surface area contributed by atoms with Gasteiger partial charge < -0.3 is 10.6 Å². The molecule has 1 rings (SSSR count). The van der Waals surface area contributed by atoms with E-state index in [0.29, 0.717) is 0 Å². The Bertz CT molecular complexity index is 190. The van der Waals surface area contributed by atoms with E-state index in [1.807, 2.05) is 0 Å². The lowest BCUT2D eigenvalue weighted by atomic mass is 10.2. The summed E-state index contributed by atoms with van der Waals surface area (Å²) in [6.45, 7) is 2.83. The molecule has 66 valence electrons. The van der Waals surface area contributed by atoms with Gasteiger partial charge in [0.1, 0.15) is 0 Å². The Balaban J connectivity index is 1.92. The highest BCUT2D eigenvalue weighted by Crippen LogP contribution is 1.91. The lowest BCUT2D eigenvalue weighted by molar-refractivity contribution is 0.718. The van der Waals surface area contributed by atoms with Crippen LogP contribution in [0, 0.1) is 12.3 Å². The van der Waals surface area contributed by atoms with Gasteiger partial charge in [-0.1, -0.05) is 0 Å². The van der Waals surface area contributed by atoms with Crippen LogP contribution in [0.1, 0.15) is 19.3 Å². The molecular weight excluding hydrogens is 150 g/mol. The molecule has 2 N–H and O–H groups in total. The van der Waals surface area contributed by atoms with Crippen molar-refractivity contribution in [3.63, 3.8) is 0 Å². The molecule has 0 fully saturated rings. The number of terminal acetylenes is 1. The average Bonchev–Trinajstić information content (AvgIpc) is 2.57. The van der Waals surface area contributed by atoms with Crippen molar-refractivity contribution < 1.29 is 0 Å². The molecule has 0 radical (unpaired) electrons. The first-order valence-electron chi connectivity index (χ1n) is 4.39. The molecule has 3 nitrogen and oxygen atoms in total. The normalized spacial score (nSPS) is 14.8. The molecule has 0 aromatic carbocycles. The van der Waals surface area contributed by atoms with Gasteiger partial charge in [-0.2, -0.15) is 0 Å². The second kappa shape index (κ2) is 5.48. The molecule has 0 aromatic rings. The Morgan fingerprint density at radius 1 is 1.58 bits per heavy atom. The summed E-state index contributed by atoms with van der Waals surface area (Å²) in [5, 5.41) is 6.36. The van der Waals surface area contributed by atoms with E-state index in [0.717, 1.165) is 44.9 Å². The fourth-order valence-electron chi connectivity index (χ4n) is 1.08. The number of rotatable bonds is 4. The Morgan fingerprint density at radius 3 is 3.17 bits per heavy atom. The summed E-state index contributed by atoms with van der Waals surface area (Å²) < 4.78 is 0. The highest BCUT2D eigenvalue weighted by atomic mass is 15.2. The number of unbranched alkanes of at least 4 members (excludes halogenated alkanes) is 2. The van der Waals surface area contributed by atoms with Crippen molar-refractivity contribution in [3.05, 3.63) is 0 Å². The maximum atomic E-state index is 5.13. The van der Waals surface area contributed by atoms with E-state index < -0.39 is 0 Å². The summed E-state index contributed by atoms with van der Waals surface area (Å²) in [4.78, 5) is 4.21. The number of hydrogen-bond donors (Lipinski definition) is 2. The van der Waals surface area contributed by atoms with Crippen LogP contribution in [0.25, 0.3) is 0 Å². The van der Waals surface area contributed by atoms with Crippen LogP contribution >= 0.6 is 0 Å². The predicted octanol–water partition coefficient (Wildman–Crippen LogP) is 0.339. The summed E-state index contributed by atoms with van der Waals surface area (Å²) >= 11 is 0. The molecule has 0 amide bonds. The quantitative estimate of drug-likeness (QED) is 0.465. The van der Waals surface area contributed by atoms with E-state index >= 15 is 0 Å². The molecule has 0 bridgehead atoms. The molecule has 12 heavy (non-hydrogen) atoms. The van der Waals surface area contributed by atoms with Gasteiger partial charge in [-0.3, -0.25) is 4.99 Å². The highest BCUT2D eigenvalue weighted by Gasteiger charge is 2.01. The van der Waals surface area contributed by atoms with Crippen molar-refractivity contribution in [1.29, 1.82) is 0 Å². The number of nitrogens with zero attached hydrogens (tertiary/aromatic N) is 1. The second-order valence-corrected chi connectivity index (χ2v) is 2.75. The monoisotopic (exact) mass is 165 g/mol. The van der Waals surface area contributed by atoms with Crippen molar-refractivity contribution >= 4 is 5.96 Å². The van der Waals surface area contributed by atoms with Gasteiger partial charge in [-0.05, 0) is 12.8 Å². The zero-order valence-corrected chi connectivity index (χ0v) is 7.27. The third-order valence-electron chi connectivity index (χ3n) is 1.71. The van der Waals surface area contributed by atoms with Gasteiger partial charge in [0.05, 0.1) is 6.54 Å². The zero-order valence-electron chi connectivity index (χ0n) is 7.27. The van der Waals surface area contributed by atoms with Crippen LogP contribution < -0.4 is 10.6 Å². The molecule has 1 heterocycles. The maximum Gasteiger partial charge on any atom is 0.191 e. The Hall–Kier alpha value is -1.17. The second-order valence-electron chi connectivity index (χ2n) is 2.75. The van der Waals surface area contributed by atoms with Crippen LogP contribution in [-0.2, 0) is 0 Å². The molecule has 0 aromatic heterocycles. The zero-order chi connectivity index (χ0) is 8.65. The summed E-state index contributed by atoms with van der Waals surface area (Å²) in [6.07, 6.45) is 8.21. The largest absolute Gasteiger partial charge is 0.356 e. The number of nitrogens with one attached hydrogen (secondary N) is 2. The third-order valence-corrected chi connectivity index (χ3v) is 1.71. The topological polar surface area (TPSA) is 36.4 Å². The number of guanidine groups is 1. The van der Waals surface area contributed by atoms with Gasteiger partial charge in [0, 0.05) is 19.5 Å². The van der Waals surface area contributed by atoms with Gasteiger partial charge in [-0.25, -0.2) is 0 Å². The minimum Gasteiger partial charge on any atom is -0.356 e. The lowest BCUT2D eigenvalue weighted by Gasteiger charge is -2.04. The van der Waals surface area contributed by atoms with Crippen LogP contribution in [0.3, 0.4) is 0 Å². The van der Waals surface area contributed by atoms with Crippen LogP contribution in [0.15, 0.2) is 4.99 Å². The SMILES string of the molecule is C#CCCCCNC1=NCCN1. The van der Waals surface area contributed by atoms with Crippen molar-refractivity contribution in [2.24, 2.45) is 4.99 Å². The van der Waals surface area contributed by atoms with Crippen molar-refractivity contribution in [2.45, 2.75) is 19.3 Å². The summed E-state index contributed by atoms with van der Waals surface area (Å²) in [5.41, 5.74) is 0. The van der Waals surface area contributed by atoms with Gasteiger partial charge >= 0.3 is 0 Å². The van der Waals surface area contributed by atoms with E-state index in [-0.39, 0.29) is 0 Å². The highest BCUT2D eigenvalue weighted by molar-refractivity contribution is 5.81. The Morgan fingerprint density at radius 2 is 2.50 bits per heavy atom. The van der Waals surface area contributed by atoms with E-state index in [1.165, 1.54) is 0 Å². The minimum atomic E-state index is 0.877.